The molecule has 1 aliphatic rings. The fourth-order valence-electron chi connectivity index (χ4n) is 3.49. The summed E-state index contributed by atoms with van der Waals surface area (Å²) in [6, 6.07) is 10.3. The normalized spacial score (nSPS) is 17.5. The number of amides is 1. The molecular formula is C21H24Cl2N2O4S. The van der Waals surface area contributed by atoms with Crippen LogP contribution in [0.2, 0.25) is 10.0 Å². The number of piperidine rings is 1. The lowest BCUT2D eigenvalue weighted by molar-refractivity contribution is -0.120. The van der Waals surface area contributed by atoms with E-state index in [1.54, 1.807) is 24.3 Å². The second-order valence-corrected chi connectivity index (χ2v) is 10.2. The highest BCUT2D eigenvalue weighted by atomic mass is 35.5. The van der Waals surface area contributed by atoms with Gasteiger partial charge in [0, 0.05) is 13.1 Å². The van der Waals surface area contributed by atoms with E-state index in [0.29, 0.717) is 46.4 Å². The number of carbonyl (C=O) groups excluding carboxylic acids is 1. The summed E-state index contributed by atoms with van der Waals surface area (Å²) in [5, 5.41) is 3.58. The third kappa shape index (κ3) is 5.46. The van der Waals surface area contributed by atoms with Crippen LogP contribution in [0.1, 0.15) is 24.0 Å². The van der Waals surface area contributed by atoms with Gasteiger partial charge in [0.2, 0.25) is 15.9 Å². The van der Waals surface area contributed by atoms with E-state index in [1.165, 1.54) is 11.4 Å². The molecule has 30 heavy (non-hydrogen) atoms. The number of carbonyl (C=O) groups is 1. The summed E-state index contributed by atoms with van der Waals surface area (Å²) in [7, 11) is -2.06. The van der Waals surface area contributed by atoms with Crippen molar-refractivity contribution in [1.82, 2.24) is 4.31 Å². The molecule has 1 fully saturated rings. The van der Waals surface area contributed by atoms with Crippen molar-refractivity contribution < 1.29 is 17.9 Å². The smallest absolute Gasteiger partial charge is 0.228 e. The Kier molecular flexibility index (Phi) is 7.29. The molecule has 0 aromatic heterocycles. The summed E-state index contributed by atoms with van der Waals surface area (Å²) in [5.74, 6) is -0.279. The zero-order valence-electron chi connectivity index (χ0n) is 16.8. The zero-order chi connectivity index (χ0) is 21.9. The molecule has 6 nitrogen and oxygen atoms in total. The molecule has 0 radical (unpaired) electrons. The Morgan fingerprint density at radius 3 is 2.67 bits per heavy atom. The third-order valence-electron chi connectivity index (χ3n) is 5.09. The van der Waals surface area contributed by atoms with E-state index < -0.39 is 15.9 Å². The highest BCUT2D eigenvalue weighted by Crippen LogP contribution is 2.29. The lowest BCUT2D eigenvalue weighted by Crippen LogP contribution is -2.44. The van der Waals surface area contributed by atoms with Crippen molar-refractivity contribution in [2.45, 2.75) is 25.5 Å². The number of sulfonamides is 1. The fourth-order valence-corrected chi connectivity index (χ4v) is 5.41. The molecule has 0 unspecified atom stereocenters. The second kappa shape index (κ2) is 9.56. The van der Waals surface area contributed by atoms with Crippen molar-refractivity contribution >= 4 is 44.8 Å². The summed E-state index contributed by atoms with van der Waals surface area (Å²) in [5.41, 5.74) is 2.12. The molecule has 0 saturated carbocycles. The van der Waals surface area contributed by atoms with Crippen LogP contribution >= 0.6 is 23.2 Å². The number of aryl methyl sites for hydroxylation is 1. The van der Waals surface area contributed by atoms with Crippen LogP contribution < -0.4 is 10.1 Å². The molecule has 2 aromatic rings. The third-order valence-corrected chi connectivity index (χ3v) is 7.65. The summed E-state index contributed by atoms with van der Waals surface area (Å²) >= 11 is 11.9. The molecule has 1 atom stereocenters. The number of anilines is 1. The fraction of sp³-hybridized carbons (Fsp3) is 0.381. The van der Waals surface area contributed by atoms with Crippen LogP contribution in [0.25, 0.3) is 0 Å². The number of rotatable bonds is 6. The van der Waals surface area contributed by atoms with Gasteiger partial charge >= 0.3 is 0 Å². The van der Waals surface area contributed by atoms with Crippen molar-refractivity contribution in [2.24, 2.45) is 5.92 Å². The van der Waals surface area contributed by atoms with Crippen LogP contribution in [0.15, 0.2) is 36.4 Å². The summed E-state index contributed by atoms with van der Waals surface area (Å²) in [6.07, 6.45) is 1.24. The first-order valence-corrected chi connectivity index (χ1v) is 11.9. The number of nitrogens with one attached hydrogen (secondary N) is 1. The second-order valence-electron chi connectivity index (χ2n) is 7.39. The number of hydrogen-bond acceptors (Lipinski definition) is 4. The van der Waals surface area contributed by atoms with Gasteiger partial charge in [0.15, 0.2) is 0 Å². The van der Waals surface area contributed by atoms with Crippen molar-refractivity contribution in [1.29, 1.82) is 0 Å². The van der Waals surface area contributed by atoms with Gasteiger partial charge in [-0.25, -0.2) is 12.7 Å². The number of halogens is 2. The highest BCUT2D eigenvalue weighted by molar-refractivity contribution is 7.88. The largest absolute Gasteiger partial charge is 0.495 e. The average molecular weight is 471 g/mol. The van der Waals surface area contributed by atoms with E-state index in [4.69, 9.17) is 27.9 Å². The van der Waals surface area contributed by atoms with Crippen molar-refractivity contribution in [2.75, 3.05) is 25.5 Å². The van der Waals surface area contributed by atoms with Crippen molar-refractivity contribution in [3.63, 3.8) is 0 Å². The van der Waals surface area contributed by atoms with Crippen LogP contribution in [-0.4, -0.2) is 38.8 Å². The number of methoxy groups -OCH3 is 1. The Hall–Kier alpha value is -1.80. The molecular weight excluding hydrogens is 447 g/mol. The first-order valence-electron chi connectivity index (χ1n) is 9.57. The molecule has 3 rings (SSSR count). The minimum Gasteiger partial charge on any atom is -0.495 e. The minimum absolute atomic E-state index is 0.142. The van der Waals surface area contributed by atoms with Gasteiger partial charge in [0.25, 0.3) is 0 Å². The van der Waals surface area contributed by atoms with Crippen LogP contribution in [0.4, 0.5) is 5.69 Å². The van der Waals surface area contributed by atoms with Gasteiger partial charge in [-0.15, -0.1) is 0 Å². The van der Waals surface area contributed by atoms with E-state index in [9.17, 15) is 13.2 Å². The van der Waals surface area contributed by atoms with Crippen LogP contribution in [0.3, 0.4) is 0 Å². The Morgan fingerprint density at radius 2 is 1.97 bits per heavy atom. The molecule has 1 N–H and O–H groups in total. The Labute approximate surface area is 187 Å². The molecule has 0 spiro atoms. The minimum atomic E-state index is -3.60. The monoisotopic (exact) mass is 470 g/mol. The van der Waals surface area contributed by atoms with E-state index in [2.05, 4.69) is 5.32 Å². The molecule has 2 aromatic carbocycles. The Balaban J connectivity index is 1.70. The average Bonchev–Trinajstić information content (AvgIpc) is 2.71. The van der Waals surface area contributed by atoms with Crippen molar-refractivity contribution in [3.05, 3.63) is 57.6 Å². The number of nitrogens with zero attached hydrogens (tertiary/aromatic N) is 1. The maximum Gasteiger partial charge on any atom is 0.228 e. The van der Waals surface area contributed by atoms with Gasteiger partial charge in [-0.3, -0.25) is 4.79 Å². The van der Waals surface area contributed by atoms with E-state index in [1.807, 2.05) is 19.1 Å². The number of ether oxygens (including phenoxy) is 1. The summed E-state index contributed by atoms with van der Waals surface area (Å²) in [6.45, 7) is 2.46. The van der Waals surface area contributed by atoms with Gasteiger partial charge in [0.05, 0.1) is 34.5 Å². The highest BCUT2D eigenvalue weighted by Gasteiger charge is 2.32. The molecule has 1 heterocycles. The van der Waals surface area contributed by atoms with Gasteiger partial charge in [0.1, 0.15) is 5.75 Å². The van der Waals surface area contributed by atoms with Gasteiger partial charge < -0.3 is 10.1 Å². The van der Waals surface area contributed by atoms with E-state index >= 15 is 0 Å². The zero-order valence-corrected chi connectivity index (χ0v) is 19.1. The predicted octanol–water partition coefficient (Wildman–Crippen LogP) is 4.49. The molecule has 162 valence electrons. The lowest BCUT2D eigenvalue weighted by atomic mass is 9.98. The summed E-state index contributed by atoms with van der Waals surface area (Å²) in [4.78, 5) is 12.8. The van der Waals surface area contributed by atoms with E-state index in [-0.39, 0.29) is 18.2 Å². The Bertz CT molecular complexity index is 1040. The van der Waals surface area contributed by atoms with Gasteiger partial charge in [-0.1, -0.05) is 35.3 Å². The number of hydrogen-bond donors (Lipinski definition) is 1. The first kappa shape index (κ1) is 22.9. The predicted molar refractivity (Wildman–Crippen MR) is 120 cm³/mol. The standard InChI is InChI=1S/C21H24Cl2N2O4S/c1-14-5-8-20(29-2)19(10-14)24-21(26)16-4-3-9-25(12-16)30(27,28)13-15-6-7-17(22)18(23)11-15/h5-8,10-11,16H,3-4,9,12-13H2,1-2H3,(H,24,26)/t16-/m1/s1. The topological polar surface area (TPSA) is 75.7 Å². The van der Waals surface area contributed by atoms with Gasteiger partial charge in [-0.05, 0) is 55.2 Å². The molecule has 1 saturated heterocycles. The maximum absolute atomic E-state index is 12.9. The quantitative estimate of drug-likeness (QED) is 0.674. The van der Waals surface area contributed by atoms with Crippen LogP contribution in [0, 0.1) is 12.8 Å². The van der Waals surface area contributed by atoms with Crippen LogP contribution in [0.5, 0.6) is 5.75 Å². The lowest BCUT2D eigenvalue weighted by Gasteiger charge is -2.31. The molecule has 1 amide bonds. The SMILES string of the molecule is COc1ccc(C)cc1NC(=O)[C@@H]1CCCN(S(=O)(=O)Cc2ccc(Cl)c(Cl)c2)C1. The van der Waals surface area contributed by atoms with Crippen LogP contribution in [-0.2, 0) is 20.6 Å². The van der Waals surface area contributed by atoms with E-state index in [0.717, 1.165) is 5.56 Å². The molecule has 0 bridgehead atoms. The Morgan fingerprint density at radius 1 is 1.20 bits per heavy atom. The summed E-state index contributed by atoms with van der Waals surface area (Å²) < 4.78 is 32.5. The molecule has 9 heteroatoms. The van der Waals surface area contributed by atoms with Crippen molar-refractivity contribution in [3.8, 4) is 5.75 Å². The number of benzene rings is 2. The van der Waals surface area contributed by atoms with Gasteiger partial charge in [-0.2, -0.15) is 0 Å². The molecule has 1 aliphatic heterocycles. The first-order chi connectivity index (χ1) is 14.2. The molecule has 0 aliphatic carbocycles. The maximum atomic E-state index is 12.9.